The van der Waals surface area contributed by atoms with Crippen molar-refractivity contribution < 1.29 is 9.53 Å². The Bertz CT molecular complexity index is 482. The topological polar surface area (TPSA) is 48.3 Å². The second-order valence-corrected chi connectivity index (χ2v) is 5.13. The number of hydrogen-bond donors (Lipinski definition) is 0. The first kappa shape index (κ1) is 15.0. The number of aromatic nitrogens is 1. The van der Waals surface area contributed by atoms with E-state index in [-0.39, 0.29) is 11.5 Å². The summed E-state index contributed by atoms with van der Waals surface area (Å²) in [7, 11) is 0. The summed E-state index contributed by atoms with van der Waals surface area (Å²) in [6.45, 7) is 5.97. The van der Waals surface area contributed by atoms with Gasteiger partial charge in [0, 0.05) is 6.20 Å². The van der Waals surface area contributed by atoms with E-state index >= 15 is 0 Å². The lowest BCUT2D eigenvalue weighted by Gasteiger charge is -2.15. The number of esters is 1. The van der Waals surface area contributed by atoms with Crippen molar-refractivity contribution in [2.24, 2.45) is 0 Å². The lowest BCUT2D eigenvalue weighted by atomic mass is 10.2. The monoisotopic (exact) mass is 315 g/mol. The van der Waals surface area contributed by atoms with E-state index in [1.165, 1.54) is 4.57 Å². The molecule has 1 aromatic heterocycles. The molecular weight excluding hydrogens is 298 g/mol. The molecule has 4 nitrogen and oxygen atoms in total. The highest BCUT2D eigenvalue weighted by Gasteiger charge is 2.18. The third kappa shape index (κ3) is 3.70. The third-order valence-electron chi connectivity index (χ3n) is 2.64. The molecule has 0 bridgehead atoms. The van der Waals surface area contributed by atoms with Gasteiger partial charge in [0.15, 0.2) is 0 Å². The molecule has 18 heavy (non-hydrogen) atoms. The number of halogens is 1. The van der Waals surface area contributed by atoms with Gasteiger partial charge in [-0.2, -0.15) is 0 Å². The van der Waals surface area contributed by atoms with Gasteiger partial charge in [0.2, 0.25) is 0 Å². The zero-order valence-corrected chi connectivity index (χ0v) is 12.5. The number of nitrogens with zero attached hydrogens (tertiary/aromatic N) is 1. The first-order valence-corrected chi connectivity index (χ1v) is 6.81. The maximum absolute atomic E-state index is 11.9. The quantitative estimate of drug-likeness (QED) is 0.620. The van der Waals surface area contributed by atoms with Crippen molar-refractivity contribution in [1.82, 2.24) is 4.57 Å². The summed E-state index contributed by atoms with van der Waals surface area (Å²) in [5, 5.41) is 0. The highest BCUT2D eigenvalue weighted by Crippen LogP contribution is 2.11. The summed E-state index contributed by atoms with van der Waals surface area (Å²) in [5.74, 6) is -0.372. The zero-order chi connectivity index (χ0) is 13.7. The van der Waals surface area contributed by atoms with E-state index in [0.717, 1.165) is 18.4 Å². The molecule has 0 saturated carbocycles. The minimum Gasteiger partial charge on any atom is -0.464 e. The van der Waals surface area contributed by atoms with Crippen LogP contribution in [0.5, 0.6) is 0 Å². The van der Waals surface area contributed by atoms with Crippen molar-refractivity contribution >= 4 is 21.9 Å². The van der Waals surface area contributed by atoms with E-state index in [2.05, 4.69) is 15.9 Å². The molecule has 1 unspecified atom stereocenters. The van der Waals surface area contributed by atoms with Crippen molar-refractivity contribution in [3.63, 3.8) is 0 Å². The van der Waals surface area contributed by atoms with Crippen molar-refractivity contribution in [2.75, 3.05) is 6.61 Å². The van der Waals surface area contributed by atoms with Gasteiger partial charge < -0.3 is 9.30 Å². The molecule has 0 fully saturated rings. The fraction of sp³-hybridized carbons (Fsp3) is 0.538. The zero-order valence-electron chi connectivity index (χ0n) is 10.9. The molecule has 1 atom stereocenters. The van der Waals surface area contributed by atoms with Crippen molar-refractivity contribution in [2.45, 2.75) is 39.7 Å². The molecule has 0 N–H and O–H groups in total. The van der Waals surface area contributed by atoms with Crippen LogP contribution >= 0.6 is 15.9 Å². The average molecular weight is 316 g/mol. The van der Waals surface area contributed by atoms with Gasteiger partial charge in [0.25, 0.3) is 5.56 Å². The van der Waals surface area contributed by atoms with Crippen LogP contribution in [0.4, 0.5) is 0 Å². The van der Waals surface area contributed by atoms with Gasteiger partial charge in [-0.25, -0.2) is 4.79 Å². The summed E-state index contributed by atoms with van der Waals surface area (Å²) in [6, 6.07) is 1.12. The molecule has 0 aliphatic heterocycles. The molecule has 100 valence electrons. The molecule has 0 radical (unpaired) electrons. The van der Waals surface area contributed by atoms with E-state index in [0.29, 0.717) is 11.1 Å². The molecule has 1 heterocycles. The summed E-state index contributed by atoms with van der Waals surface area (Å²) in [6.07, 6.45) is 3.47. The largest absolute Gasteiger partial charge is 0.464 e. The van der Waals surface area contributed by atoms with Gasteiger partial charge in [-0.1, -0.05) is 13.3 Å². The van der Waals surface area contributed by atoms with Crippen LogP contribution in [-0.2, 0) is 9.53 Å². The van der Waals surface area contributed by atoms with Gasteiger partial charge in [-0.05, 0) is 47.8 Å². The fourth-order valence-electron chi connectivity index (χ4n) is 1.54. The van der Waals surface area contributed by atoms with Crippen LogP contribution in [-0.4, -0.2) is 17.1 Å². The first-order valence-electron chi connectivity index (χ1n) is 6.02. The number of rotatable bonds is 5. The van der Waals surface area contributed by atoms with Crippen molar-refractivity contribution in [3.8, 4) is 0 Å². The maximum atomic E-state index is 11.9. The number of pyridine rings is 1. The molecule has 0 aliphatic carbocycles. The van der Waals surface area contributed by atoms with E-state index in [4.69, 9.17) is 4.74 Å². The maximum Gasteiger partial charge on any atom is 0.328 e. The Morgan fingerprint density at radius 2 is 2.22 bits per heavy atom. The summed E-state index contributed by atoms with van der Waals surface area (Å²) in [5.41, 5.74) is 0.690. The molecule has 0 amide bonds. The molecule has 0 aliphatic rings. The normalized spacial score (nSPS) is 12.2. The second kappa shape index (κ2) is 6.73. The van der Waals surface area contributed by atoms with Gasteiger partial charge >= 0.3 is 5.97 Å². The third-order valence-corrected chi connectivity index (χ3v) is 3.20. The summed E-state index contributed by atoms with van der Waals surface area (Å²) < 4.78 is 6.97. The van der Waals surface area contributed by atoms with E-state index in [1.807, 2.05) is 13.8 Å². The lowest BCUT2D eigenvalue weighted by molar-refractivity contribution is -0.147. The van der Waals surface area contributed by atoms with Crippen LogP contribution in [0.15, 0.2) is 21.5 Å². The molecule has 0 aromatic carbocycles. The molecule has 5 heteroatoms. The number of carbonyl (C=O) groups is 1. The fourth-order valence-corrected chi connectivity index (χ4v) is 2.11. The van der Waals surface area contributed by atoms with E-state index in [9.17, 15) is 9.59 Å². The number of hydrogen-bond acceptors (Lipinski definition) is 3. The van der Waals surface area contributed by atoms with Crippen molar-refractivity contribution in [1.29, 1.82) is 0 Å². The number of carbonyl (C=O) groups excluding carboxylic acids is 1. The first-order chi connectivity index (χ1) is 8.47. The number of unbranched alkanes of at least 4 members (excludes halogenated alkanes) is 1. The van der Waals surface area contributed by atoms with Crippen LogP contribution in [0.2, 0.25) is 0 Å². The van der Waals surface area contributed by atoms with Crippen LogP contribution < -0.4 is 5.56 Å². The highest BCUT2D eigenvalue weighted by molar-refractivity contribution is 9.10. The van der Waals surface area contributed by atoms with Gasteiger partial charge in [-0.3, -0.25) is 4.79 Å². The Balaban J connectivity index is 2.87. The Morgan fingerprint density at radius 1 is 1.56 bits per heavy atom. The molecule has 0 saturated heterocycles. The lowest BCUT2D eigenvalue weighted by Crippen LogP contribution is -2.29. The molecule has 0 spiro atoms. The van der Waals surface area contributed by atoms with Gasteiger partial charge in [0.1, 0.15) is 6.04 Å². The van der Waals surface area contributed by atoms with E-state index in [1.54, 1.807) is 19.2 Å². The highest BCUT2D eigenvalue weighted by atomic mass is 79.9. The Kier molecular flexibility index (Phi) is 5.59. The smallest absolute Gasteiger partial charge is 0.328 e. The van der Waals surface area contributed by atoms with Crippen LogP contribution in [0.1, 0.15) is 38.3 Å². The SMILES string of the molecule is CCCCOC(=O)C(C)n1cc(C)cc(Br)c1=O. The summed E-state index contributed by atoms with van der Waals surface area (Å²) in [4.78, 5) is 23.7. The molecule has 1 rings (SSSR count). The summed E-state index contributed by atoms with van der Waals surface area (Å²) >= 11 is 3.19. The standard InChI is InChI=1S/C13H18BrNO3/c1-4-5-6-18-13(17)10(3)15-8-9(2)7-11(14)12(15)16/h7-8,10H,4-6H2,1-3H3. The van der Waals surface area contributed by atoms with E-state index < -0.39 is 6.04 Å². The number of aryl methyl sites for hydroxylation is 1. The minimum atomic E-state index is -0.606. The predicted molar refractivity (Wildman–Crippen MR) is 73.7 cm³/mol. The second-order valence-electron chi connectivity index (χ2n) is 4.27. The predicted octanol–water partition coefficient (Wildman–Crippen LogP) is 2.82. The van der Waals surface area contributed by atoms with Crippen molar-refractivity contribution in [3.05, 3.63) is 32.7 Å². The molecular formula is C13H18BrNO3. The number of ether oxygens (including phenoxy) is 1. The van der Waals surface area contributed by atoms with Gasteiger partial charge in [-0.15, -0.1) is 0 Å². The Morgan fingerprint density at radius 3 is 2.83 bits per heavy atom. The molecule has 1 aromatic rings. The Hall–Kier alpha value is -1.10. The average Bonchev–Trinajstić information content (AvgIpc) is 2.33. The van der Waals surface area contributed by atoms with Crippen LogP contribution in [0, 0.1) is 6.92 Å². The van der Waals surface area contributed by atoms with Gasteiger partial charge in [0.05, 0.1) is 11.1 Å². The van der Waals surface area contributed by atoms with Crippen LogP contribution in [0.25, 0.3) is 0 Å². The van der Waals surface area contributed by atoms with Crippen LogP contribution in [0.3, 0.4) is 0 Å². The minimum absolute atomic E-state index is 0.222. The Labute approximate surface area is 115 Å².